The van der Waals surface area contributed by atoms with Crippen molar-refractivity contribution in [3.63, 3.8) is 0 Å². The molecule has 1 aliphatic heterocycles. The highest BCUT2D eigenvalue weighted by molar-refractivity contribution is 5.94. The molecule has 1 saturated heterocycles. The Hall–Kier alpha value is -1.55. The first-order valence-corrected chi connectivity index (χ1v) is 7.47. The summed E-state index contributed by atoms with van der Waals surface area (Å²) in [5.74, 6) is 1.78. The van der Waals surface area contributed by atoms with E-state index in [1.165, 1.54) is 19.4 Å². The summed E-state index contributed by atoms with van der Waals surface area (Å²) in [5, 5.41) is 2.61. The molecule has 2 atom stereocenters. The summed E-state index contributed by atoms with van der Waals surface area (Å²) in [7, 11) is 1.63. The second-order valence-electron chi connectivity index (χ2n) is 5.69. The summed E-state index contributed by atoms with van der Waals surface area (Å²) < 4.78 is 5.72. The average molecular weight is 274 g/mol. The van der Waals surface area contributed by atoms with Gasteiger partial charge in [-0.2, -0.15) is 0 Å². The molecule has 1 amide bonds. The van der Waals surface area contributed by atoms with Crippen LogP contribution in [0.5, 0.6) is 5.75 Å². The van der Waals surface area contributed by atoms with E-state index in [2.05, 4.69) is 10.2 Å². The fourth-order valence-electron chi connectivity index (χ4n) is 3.07. The van der Waals surface area contributed by atoms with Gasteiger partial charge in [-0.15, -0.1) is 0 Å². The van der Waals surface area contributed by atoms with Crippen LogP contribution in [0.2, 0.25) is 0 Å². The lowest BCUT2D eigenvalue weighted by molar-refractivity contribution is 0.0963. The molecular weight excluding hydrogens is 252 g/mol. The van der Waals surface area contributed by atoms with E-state index in [-0.39, 0.29) is 5.91 Å². The van der Waals surface area contributed by atoms with Crippen LogP contribution in [0.3, 0.4) is 0 Å². The van der Waals surface area contributed by atoms with Gasteiger partial charge in [-0.1, -0.05) is 0 Å². The van der Waals surface area contributed by atoms with Crippen LogP contribution in [0.1, 0.15) is 29.6 Å². The van der Waals surface area contributed by atoms with Gasteiger partial charge >= 0.3 is 0 Å². The van der Waals surface area contributed by atoms with Crippen molar-refractivity contribution in [3.8, 4) is 5.75 Å². The molecule has 1 aromatic carbocycles. The summed E-state index contributed by atoms with van der Waals surface area (Å²) in [6.45, 7) is 3.17. The Labute approximate surface area is 120 Å². The molecule has 20 heavy (non-hydrogen) atoms. The predicted octanol–water partition coefficient (Wildman–Crippen LogP) is 1.91. The van der Waals surface area contributed by atoms with E-state index in [0.29, 0.717) is 5.56 Å². The number of fused-ring (bicyclic) bond motifs is 1. The van der Waals surface area contributed by atoms with Crippen molar-refractivity contribution in [1.82, 2.24) is 10.2 Å². The van der Waals surface area contributed by atoms with E-state index in [1.807, 2.05) is 12.1 Å². The smallest absolute Gasteiger partial charge is 0.251 e. The van der Waals surface area contributed by atoms with Crippen molar-refractivity contribution in [2.24, 2.45) is 5.92 Å². The highest BCUT2D eigenvalue weighted by Gasteiger charge is 2.46. The molecule has 1 aromatic rings. The van der Waals surface area contributed by atoms with E-state index < -0.39 is 0 Å². The van der Waals surface area contributed by atoms with Gasteiger partial charge < -0.3 is 10.1 Å². The SMILES string of the molecule is CNC(=O)c1ccc(OCCCN2CC[C@@H]3C[C@@H]32)cc1. The first-order valence-electron chi connectivity index (χ1n) is 7.47. The molecule has 1 N–H and O–H groups in total. The zero-order valence-electron chi connectivity index (χ0n) is 12.0. The molecule has 0 radical (unpaired) electrons. The maximum absolute atomic E-state index is 11.4. The van der Waals surface area contributed by atoms with Gasteiger partial charge in [0.1, 0.15) is 5.75 Å². The number of likely N-dealkylation sites (tertiary alicyclic amines) is 1. The number of carbonyl (C=O) groups excluding carboxylic acids is 1. The Kier molecular flexibility index (Phi) is 3.92. The molecule has 1 heterocycles. The molecule has 2 fully saturated rings. The second-order valence-corrected chi connectivity index (χ2v) is 5.69. The largest absolute Gasteiger partial charge is 0.494 e. The summed E-state index contributed by atoms with van der Waals surface area (Å²) in [6, 6.07) is 8.20. The molecule has 0 aromatic heterocycles. The third kappa shape index (κ3) is 2.96. The molecule has 2 aliphatic rings. The van der Waals surface area contributed by atoms with Gasteiger partial charge in [0.05, 0.1) is 6.61 Å². The maximum atomic E-state index is 11.4. The predicted molar refractivity (Wildman–Crippen MR) is 78.0 cm³/mol. The first kappa shape index (κ1) is 13.4. The van der Waals surface area contributed by atoms with Crippen molar-refractivity contribution in [2.75, 3.05) is 26.7 Å². The van der Waals surface area contributed by atoms with E-state index >= 15 is 0 Å². The Morgan fingerprint density at radius 1 is 1.40 bits per heavy atom. The second kappa shape index (κ2) is 5.83. The summed E-state index contributed by atoms with van der Waals surface area (Å²) in [4.78, 5) is 14.0. The van der Waals surface area contributed by atoms with Gasteiger partial charge in [0.2, 0.25) is 0 Å². The number of nitrogens with zero attached hydrogens (tertiary/aromatic N) is 1. The zero-order chi connectivity index (χ0) is 13.9. The van der Waals surface area contributed by atoms with E-state index in [0.717, 1.165) is 37.3 Å². The van der Waals surface area contributed by atoms with Gasteiger partial charge in [-0.3, -0.25) is 9.69 Å². The molecule has 4 heteroatoms. The monoisotopic (exact) mass is 274 g/mol. The molecule has 3 rings (SSSR count). The van der Waals surface area contributed by atoms with Crippen LogP contribution in [-0.2, 0) is 0 Å². The van der Waals surface area contributed by atoms with Gasteiger partial charge in [0, 0.05) is 25.2 Å². The number of rotatable bonds is 6. The van der Waals surface area contributed by atoms with Crippen molar-refractivity contribution in [1.29, 1.82) is 0 Å². The molecule has 0 bridgehead atoms. The quantitative estimate of drug-likeness (QED) is 0.806. The molecule has 0 unspecified atom stereocenters. The van der Waals surface area contributed by atoms with E-state index in [4.69, 9.17) is 4.74 Å². The van der Waals surface area contributed by atoms with E-state index in [1.54, 1.807) is 19.2 Å². The maximum Gasteiger partial charge on any atom is 0.251 e. The van der Waals surface area contributed by atoms with Gasteiger partial charge in [0.15, 0.2) is 0 Å². The number of amides is 1. The Morgan fingerprint density at radius 3 is 2.80 bits per heavy atom. The van der Waals surface area contributed by atoms with Gasteiger partial charge in [-0.25, -0.2) is 0 Å². The molecule has 4 nitrogen and oxygen atoms in total. The van der Waals surface area contributed by atoms with Gasteiger partial charge in [0.25, 0.3) is 5.91 Å². The number of carbonyl (C=O) groups is 1. The van der Waals surface area contributed by atoms with E-state index in [9.17, 15) is 4.79 Å². The van der Waals surface area contributed by atoms with Crippen LogP contribution >= 0.6 is 0 Å². The molecule has 108 valence electrons. The third-order valence-electron chi connectivity index (χ3n) is 4.34. The Bertz CT molecular complexity index is 472. The summed E-state index contributed by atoms with van der Waals surface area (Å²) in [5.41, 5.74) is 0.664. The van der Waals surface area contributed by atoms with Crippen molar-refractivity contribution >= 4 is 5.91 Å². The zero-order valence-corrected chi connectivity index (χ0v) is 12.0. The number of piperidine rings is 1. The summed E-state index contributed by atoms with van der Waals surface area (Å²) >= 11 is 0. The fraction of sp³-hybridized carbons (Fsp3) is 0.562. The van der Waals surface area contributed by atoms with Crippen molar-refractivity contribution in [2.45, 2.75) is 25.3 Å². The Morgan fingerprint density at radius 2 is 2.20 bits per heavy atom. The van der Waals surface area contributed by atoms with Crippen molar-refractivity contribution in [3.05, 3.63) is 29.8 Å². The number of nitrogens with one attached hydrogen (secondary N) is 1. The normalized spacial score (nSPS) is 24.2. The first-order chi connectivity index (χ1) is 9.78. The topological polar surface area (TPSA) is 41.6 Å². The third-order valence-corrected chi connectivity index (χ3v) is 4.34. The van der Waals surface area contributed by atoms with Gasteiger partial charge in [-0.05, 0) is 56.0 Å². The standard InChI is InChI=1S/C16H22N2O2/c1-17-16(19)12-3-5-14(6-4-12)20-10-2-8-18-9-7-13-11-15(13)18/h3-6,13,15H,2,7-11H2,1H3,(H,17,19)/t13-,15+/m1/s1. The van der Waals surface area contributed by atoms with Crippen LogP contribution in [-0.4, -0.2) is 43.6 Å². The number of hydrogen-bond donors (Lipinski definition) is 1. The molecule has 1 aliphatic carbocycles. The minimum absolute atomic E-state index is 0.0652. The van der Waals surface area contributed by atoms with Crippen LogP contribution in [0.15, 0.2) is 24.3 Å². The Balaban J connectivity index is 1.38. The molecular formula is C16H22N2O2. The van der Waals surface area contributed by atoms with Crippen LogP contribution in [0.25, 0.3) is 0 Å². The number of ether oxygens (including phenoxy) is 1. The van der Waals surface area contributed by atoms with Crippen LogP contribution in [0.4, 0.5) is 0 Å². The highest BCUT2D eigenvalue weighted by Crippen LogP contribution is 2.44. The minimum atomic E-state index is -0.0652. The van der Waals surface area contributed by atoms with Crippen LogP contribution < -0.4 is 10.1 Å². The lowest BCUT2D eigenvalue weighted by Crippen LogP contribution is -2.25. The minimum Gasteiger partial charge on any atom is -0.494 e. The average Bonchev–Trinajstić information content (AvgIpc) is 3.17. The molecule has 0 spiro atoms. The molecule has 1 saturated carbocycles. The lowest BCUT2D eigenvalue weighted by atomic mass is 10.2. The summed E-state index contributed by atoms with van der Waals surface area (Å²) in [6.07, 6.45) is 3.88. The number of hydrogen-bond acceptors (Lipinski definition) is 3. The van der Waals surface area contributed by atoms with Crippen LogP contribution in [0, 0.1) is 5.92 Å². The highest BCUT2D eigenvalue weighted by atomic mass is 16.5. The fourth-order valence-corrected chi connectivity index (χ4v) is 3.07. The number of benzene rings is 1. The lowest BCUT2D eigenvalue weighted by Gasteiger charge is -2.17. The van der Waals surface area contributed by atoms with Crippen molar-refractivity contribution < 1.29 is 9.53 Å².